The molecular formula is C17H18FN3O. The number of hydrogen-bond acceptors (Lipinski definition) is 3. The lowest BCUT2D eigenvalue weighted by Gasteiger charge is -2.35. The largest absolute Gasteiger partial charge is 0.330 e. The van der Waals surface area contributed by atoms with Gasteiger partial charge in [-0.15, -0.1) is 0 Å². The molecule has 3 saturated heterocycles. The minimum atomic E-state index is -0.258. The molecule has 22 heavy (non-hydrogen) atoms. The number of fused-ring (bicyclic) bond motifs is 3. The summed E-state index contributed by atoms with van der Waals surface area (Å²) >= 11 is 0. The Bertz CT molecular complexity index is 701. The van der Waals surface area contributed by atoms with Crippen LogP contribution in [0.1, 0.15) is 24.0 Å². The van der Waals surface area contributed by atoms with Crippen molar-refractivity contribution in [3.63, 3.8) is 0 Å². The Balaban J connectivity index is 1.49. The SMILES string of the molecule is O=C(C1=NCc2cc(F)ccc21)N1C2CC3CN(CCC31)C2. The first-order chi connectivity index (χ1) is 10.7. The summed E-state index contributed by atoms with van der Waals surface area (Å²) in [5.41, 5.74) is 2.20. The normalized spacial score (nSPS) is 34.8. The highest BCUT2D eigenvalue weighted by atomic mass is 19.1. The topological polar surface area (TPSA) is 35.9 Å². The number of piperidine rings is 2. The van der Waals surface area contributed by atoms with Crippen molar-refractivity contribution in [2.45, 2.75) is 31.5 Å². The van der Waals surface area contributed by atoms with Crippen LogP contribution in [0.4, 0.5) is 4.39 Å². The predicted molar refractivity (Wildman–Crippen MR) is 80.2 cm³/mol. The minimum Gasteiger partial charge on any atom is -0.330 e. The molecule has 3 bridgehead atoms. The van der Waals surface area contributed by atoms with Gasteiger partial charge in [-0.1, -0.05) is 0 Å². The zero-order valence-corrected chi connectivity index (χ0v) is 12.3. The summed E-state index contributed by atoms with van der Waals surface area (Å²) in [5.74, 6) is 0.434. The van der Waals surface area contributed by atoms with Crippen LogP contribution in [0, 0.1) is 11.7 Å². The number of carbonyl (C=O) groups is 1. The smallest absolute Gasteiger partial charge is 0.273 e. The molecule has 4 unspecified atom stereocenters. The summed E-state index contributed by atoms with van der Waals surface area (Å²) in [4.78, 5) is 22.1. The minimum absolute atomic E-state index is 0.0617. The molecule has 0 aromatic heterocycles. The number of hydrogen-bond donors (Lipinski definition) is 0. The molecule has 4 nitrogen and oxygen atoms in total. The van der Waals surface area contributed by atoms with Crippen LogP contribution in [0.3, 0.4) is 0 Å². The third kappa shape index (κ3) is 1.66. The monoisotopic (exact) mass is 299 g/mol. The van der Waals surface area contributed by atoms with Crippen molar-refractivity contribution >= 4 is 11.6 Å². The second kappa shape index (κ2) is 4.38. The van der Waals surface area contributed by atoms with Gasteiger partial charge in [-0.2, -0.15) is 0 Å². The molecule has 1 amide bonds. The second-order valence-electron chi connectivity index (χ2n) is 6.94. The van der Waals surface area contributed by atoms with Gasteiger partial charge in [0.1, 0.15) is 11.5 Å². The molecule has 0 aliphatic carbocycles. The van der Waals surface area contributed by atoms with E-state index in [-0.39, 0.29) is 11.7 Å². The average Bonchev–Trinajstić information content (AvgIpc) is 2.98. The Hall–Kier alpha value is -1.75. The van der Waals surface area contributed by atoms with Gasteiger partial charge in [0.15, 0.2) is 0 Å². The average molecular weight is 299 g/mol. The fourth-order valence-electron chi connectivity index (χ4n) is 4.85. The van der Waals surface area contributed by atoms with E-state index in [1.165, 1.54) is 12.1 Å². The fraction of sp³-hybridized carbons (Fsp3) is 0.529. The number of nitrogens with zero attached hydrogens (tertiary/aromatic N) is 3. The molecular weight excluding hydrogens is 281 g/mol. The van der Waals surface area contributed by atoms with E-state index in [2.05, 4.69) is 14.8 Å². The van der Waals surface area contributed by atoms with Crippen LogP contribution in [0.5, 0.6) is 0 Å². The zero-order valence-electron chi connectivity index (χ0n) is 12.3. The highest BCUT2D eigenvalue weighted by molar-refractivity contribution is 6.46. The third-order valence-corrected chi connectivity index (χ3v) is 5.74. The summed E-state index contributed by atoms with van der Waals surface area (Å²) in [6.45, 7) is 3.67. The lowest BCUT2D eigenvalue weighted by atomic mass is 9.89. The van der Waals surface area contributed by atoms with E-state index < -0.39 is 0 Å². The summed E-state index contributed by atoms with van der Waals surface area (Å²) in [6.07, 6.45) is 2.22. The first-order valence-electron chi connectivity index (χ1n) is 8.09. The summed E-state index contributed by atoms with van der Waals surface area (Å²) in [6, 6.07) is 5.34. The van der Waals surface area contributed by atoms with E-state index in [9.17, 15) is 9.18 Å². The lowest BCUT2D eigenvalue weighted by Crippen LogP contribution is -2.45. The number of benzene rings is 1. The van der Waals surface area contributed by atoms with Gasteiger partial charge in [0.25, 0.3) is 5.91 Å². The van der Waals surface area contributed by atoms with Gasteiger partial charge in [0.05, 0.1) is 6.54 Å². The number of aliphatic imine (C=N–C) groups is 1. The Kier molecular flexibility index (Phi) is 2.54. The van der Waals surface area contributed by atoms with Crippen molar-refractivity contribution in [2.75, 3.05) is 19.6 Å². The summed E-state index contributed by atoms with van der Waals surface area (Å²) < 4.78 is 13.3. The lowest BCUT2D eigenvalue weighted by molar-refractivity contribution is -0.126. The Morgan fingerprint density at radius 3 is 3.14 bits per heavy atom. The molecule has 4 aliphatic rings. The van der Waals surface area contributed by atoms with Gasteiger partial charge in [0, 0.05) is 37.3 Å². The van der Waals surface area contributed by atoms with E-state index in [1.807, 2.05) is 0 Å². The number of rotatable bonds is 1. The number of amides is 1. The van der Waals surface area contributed by atoms with Gasteiger partial charge in [0.2, 0.25) is 0 Å². The first kappa shape index (κ1) is 12.8. The number of carbonyl (C=O) groups excluding carboxylic acids is 1. The van der Waals surface area contributed by atoms with Gasteiger partial charge in [-0.25, -0.2) is 4.39 Å². The van der Waals surface area contributed by atoms with Crippen LogP contribution >= 0.6 is 0 Å². The summed E-state index contributed by atoms with van der Waals surface area (Å²) in [7, 11) is 0. The first-order valence-corrected chi connectivity index (χ1v) is 8.09. The standard InChI is InChI=1S/C17H18FN3O/c18-12-1-2-14-10(5-12)7-19-16(14)17(22)21-13-6-11-8-20(9-13)4-3-15(11)21/h1-2,5,11,13,15H,3-4,6-9H2. The van der Waals surface area contributed by atoms with E-state index in [4.69, 9.17) is 0 Å². The van der Waals surface area contributed by atoms with Crippen LogP contribution in [-0.2, 0) is 11.3 Å². The second-order valence-corrected chi connectivity index (χ2v) is 6.94. The Morgan fingerprint density at radius 1 is 1.32 bits per heavy atom. The van der Waals surface area contributed by atoms with Crippen LogP contribution in [0.15, 0.2) is 23.2 Å². The third-order valence-electron chi connectivity index (χ3n) is 5.74. The van der Waals surface area contributed by atoms with Gasteiger partial charge >= 0.3 is 0 Å². The zero-order chi connectivity index (χ0) is 14.8. The highest BCUT2D eigenvalue weighted by Crippen LogP contribution is 2.41. The van der Waals surface area contributed by atoms with E-state index in [0.29, 0.717) is 30.3 Å². The maximum Gasteiger partial charge on any atom is 0.273 e. The highest BCUT2D eigenvalue weighted by Gasteiger charge is 2.51. The van der Waals surface area contributed by atoms with Crippen LogP contribution in [0.25, 0.3) is 0 Å². The molecule has 0 spiro atoms. The van der Waals surface area contributed by atoms with Crippen molar-refractivity contribution in [2.24, 2.45) is 10.9 Å². The van der Waals surface area contributed by atoms with Crippen LogP contribution in [-0.4, -0.2) is 53.1 Å². The molecule has 0 saturated carbocycles. The van der Waals surface area contributed by atoms with Crippen LogP contribution < -0.4 is 0 Å². The van der Waals surface area contributed by atoms with Crippen molar-refractivity contribution in [1.82, 2.24) is 9.80 Å². The van der Waals surface area contributed by atoms with Gasteiger partial charge in [-0.3, -0.25) is 9.79 Å². The van der Waals surface area contributed by atoms with E-state index in [0.717, 1.165) is 43.6 Å². The van der Waals surface area contributed by atoms with Crippen molar-refractivity contribution in [1.29, 1.82) is 0 Å². The van der Waals surface area contributed by atoms with E-state index >= 15 is 0 Å². The summed E-state index contributed by atoms with van der Waals surface area (Å²) in [5, 5.41) is 0. The molecule has 0 radical (unpaired) electrons. The fourth-order valence-corrected chi connectivity index (χ4v) is 4.85. The maximum absolute atomic E-state index is 13.3. The molecule has 5 rings (SSSR count). The molecule has 4 aliphatic heterocycles. The van der Waals surface area contributed by atoms with Gasteiger partial charge < -0.3 is 9.80 Å². The Morgan fingerprint density at radius 2 is 2.23 bits per heavy atom. The maximum atomic E-state index is 13.3. The molecule has 5 heteroatoms. The molecule has 4 heterocycles. The van der Waals surface area contributed by atoms with Crippen molar-refractivity contribution in [3.05, 3.63) is 35.1 Å². The van der Waals surface area contributed by atoms with E-state index in [1.54, 1.807) is 6.07 Å². The van der Waals surface area contributed by atoms with Crippen molar-refractivity contribution < 1.29 is 9.18 Å². The molecule has 114 valence electrons. The number of halogens is 1. The predicted octanol–water partition coefficient (Wildman–Crippen LogP) is 1.43. The molecule has 1 aromatic rings. The van der Waals surface area contributed by atoms with Crippen LogP contribution in [0.2, 0.25) is 0 Å². The Labute approximate surface area is 128 Å². The molecule has 4 atom stereocenters. The molecule has 3 fully saturated rings. The molecule has 0 N–H and O–H groups in total. The quantitative estimate of drug-likeness (QED) is 0.786. The number of likely N-dealkylation sites (tertiary alicyclic amines) is 1. The van der Waals surface area contributed by atoms with Gasteiger partial charge in [-0.05, 0) is 42.5 Å². The molecule has 1 aromatic carbocycles. The van der Waals surface area contributed by atoms with Crippen molar-refractivity contribution in [3.8, 4) is 0 Å².